The summed E-state index contributed by atoms with van der Waals surface area (Å²) in [6.07, 6.45) is 8.71. The molecule has 4 heterocycles. The lowest BCUT2D eigenvalue weighted by Gasteiger charge is -2.27. The number of nitrogens with one attached hydrogen (secondary N) is 3. The number of hydrogen-bond acceptors (Lipinski definition) is 7. The summed E-state index contributed by atoms with van der Waals surface area (Å²) in [4.78, 5) is 23.0. The monoisotopic (exact) mass is 413 g/mol. The number of rotatable bonds is 6. The second-order valence-corrected chi connectivity index (χ2v) is 9.52. The van der Waals surface area contributed by atoms with Gasteiger partial charge in [-0.15, -0.1) is 22.7 Å². The van der Waals surface area contributed by atoms with E-state index in [4.69, 9.17) is 4.98 Å². The standard InChI is InChI=1S/C20H23N5OS2/c26-17(6-8-23-12-9-22-10-12)25-20-18(13-3-1-2-4-15(13)27-20)19-24-14-11-21-7-5-16(14)28-19/h5,7,11-12,22-23H,1-4,6,8-10H2,(H,25,26). The van der Waals surface area contributed by atoms with Gasteiger partial charge in [-0.3, -0.25) is 9.78 Å². The fraction of sp³-hybridized carbons (Fsp3) is 0.450. The van der Waals surface area contributed by atoms with Crippen LogP contribution in [0.1, 0.15) is 29.7 Å². The number of carbonyl (C=O) groups is 1. The number of pyridine rings is 1. The van der Waals surface area contributed by atoms with Gasteiger partial charge in [0.15, 0.2) is 0 Å². The Balaban J connectivity index is 1.40. The number of aromatic nitrogens is 2. The molecule has 0 radical (unpaired) electrons. The Kier molecular flexibility index (Phi) is 5.11. The van der Waals surface area contributed by atoms with Gasteiger partial charge in [0.2, 0.25) is 5.91 Å². The highest BCUT2D eigenvalue weighted by atomic mass is 32.1. The van der Waals surface area contributed by atoms with Gasteiger partial charge in [0.25, 0.3) is 0 Å². The van der Waals surface area contributed by atoms with Gasteiger partial charge < -0.3 is 16.0 Å². The Hall–Kier alpha value is -1.87. The molecular formula is C20H23N5OS2. The fourth-order valence-corrected chi connectivity index (χ4v) is 6.16. The number of thiophene rings is 1. The van der Waals surface area contributed by atoms with Gasteiger partial charge in [-0.1, -0.05) is 0 Å². The molecule has 0 unspecified atom stereocenters. The van der Waals surface area contributed by atoms with Crippen LogP contribution in [0.15, 0.2) is 18.5 Å². The van der Waals surface area contributed by atoms with Crippen LogP contribution in [-0.2, 0) is 17.6 Å². The first-order valence-corrected chi connectivity index (χ1v) is 11.5. The van der Waals surface area contributed by atoms with Gasteiger partial charge in [0.1, 0.15) is 15.5 Å². The molecule has 1 saturated heterocycles. The zero-order valence-electron chi connectivity index (χ0n) is 15.6. The van der Waals surface area contributed by atoms with Crippen molar-refractivity contribution in [2.45, 2.75) is 38.1 Å². The van der Waals surface area contributed by atoms with E-state index in [9.17, 15) is 4.79 Å². The quantitative estimate of drug-likeness (QED) is 0.578. The summed E-state index contributed by atoms with van der Waals surface area (Å²) in [7, 11) is 0. The molecular weight excluding hydrogens is 390 g/mol. The van der Waals surface area contributed by atoms with Crippen LogP contribution in [-0.4, -0.2) is 41.6 Å². The summed E-state index contributed by atoms with van der Waals surface area (Å²) < 4.78 is 1.14. The predicted octanol–water partition coefficient (Wildman–Crippen LogP) is 3.19. The smallest absolute Gasteiger partial charge is 0.226 e. The van der Waals surface area contributed by atoms with Crippen LogP contribution in [0.4, 0.5) is 5.00 Å². The second-order valence-electron chi connectivity index (χ2n) is 7.38. The third-order valence-electron chi connectivity index (χ3n) is 5.39. The predicted molar refractivity (Wildman–Crippen MR) is 115 cm³/mol. The largest absolute Gasteiger partial charge is 0.317 e. The number of nitrogens with zero attached hydrogens (tertiary/aromatic N) is 2. The zero-order chi connectivity index (χ0) is 18.9. The van der Waals surface area contributed by atoms with Gasteiger partial charge in [-0.2, -0.15) is 0 Å². The first kappa shape index (κ1) is 18.2. The molecule has 3 aromatic rings. The number of anilines is 1. The molecule has 3 N–H and O–H groups in total. The van der Waals surface area contributed by atoms with Crippen LogP contribution in [0.2, 0.25) is 0 Å². The van der Waals surface area contributed by atoms with Crippen LogP contribution in [0.3, 0.4) is 0 Å². The Labute approximate surface area is 171 Å². The molecule has 0 spiro atoms. The van der Waals surface area contributed by atoms with E-state index in [-0.39, 0.29) is 5.91 Å². The van der Waals surface area contributed by atoms with Crippen molar-refractivity contribution in [1.82, 2.24) is 20.6 Å². The third-order valence-corrected chi connectivity index (χ3v) is 7.66. The van der Waals surface area contributed by atoms with E-state index < -0.39 is 0 Å². The van der Waals surface area contributed by atoms with Gasteiger partial charge >= 0.3 is 0 Å². The van der Waals surface area contributed by atoms with E-state index in [2.05, 4.69) is 20.9 Å². The normalized spacial score (nSPS) is 16.7. The summed E-state index contributed by atoms with van der Waals surface area (Å²) in [5.41, 5.74) is 3.46. The highest BCUT2D eigenvalue weighted by molar-refractivity contribution is 7.22. The molecule has 1 aliphatic heterocycles. The summed E-state index contributed by atoms with van der Waals surface area (Å²) >= 11 is 3.43. The maximum absolute atomic E-state index is 12.6. The van der Waals surface area contributed by atoms with E-state index >= 15 is 0 Å². The SMILES string of the molecule is O=C(CCNC1CNC1)Nc1sc2c(c1-c1nc3cnccc3s1)CCCC2. The number of thiazole rings is 1. The van der Waals surface area contributed by atoms with Gasteiger partial charge in [-0.25, -0.2) is 4.98 Å². The first-order chi connectivity index (χ1) is 13.8. The van der Waals surface area contributed by atoms with Crippen molar-refractivity contribution in [1.29, 1.82) is 0 Å². The molecule has 0 atom stereocenters. The van der Waals surface area contributed by atoms with E-state index in [1.165, 1.54) is 23.3 Å². The molecule has 3 aromatic heterocycles. The molecule has 6 nitrogen and oxygen atoms in total. The van der Waals surface area contributed by atoms with E-state index in [0.717, 1.165) is 51.7 Å². The van der Waals surface area contributed by atoms with Crippen LogP contribution in [0.5, 0.6) is 0 Å². The maximum Gasteiger partial charge on any atom is 0.226 e. The van der Waals surface area contributed by atoms with Crippen molar-refractivity contribution < 1.29 is 4.79 Å². The van der Waals surface area contributed by atoms with E-state index in [1.807, 2.05) is 12.3 Å². The van der Waals surface area contributed by atoms with Gasteiger partial charge in [0, 0.05) is 48.7 Å². The highest BCUT2D eigenvalue weighted by Gasteiger charge is 2.25. The topological polar surface area (TPSA) is 78.9 Å². The highest BCUT2D eigenvalue weighted by Crippen LogP contribution is 2.46. The summed E-state index contributed by atoms with van der Waals surface area (Å²) in [5.74, 6) is 0.0717. The Morgan fingerprint density at radius 3 is 2.96 bits per heavy atom. The first-order valence-electron chi connectivity index (χ1n) is 9.87. The molecule has 1 amide bonds. The lowest BCUT2D eigenvalue weighted by molar-refractivity contribution is -0.116. The van der Waals surface area contributed by atoms with Crippen molar-refractivity contribution in [3.63, 3.8) is 0 Å². The molecule has 0 bridgehead atoms. The minimum Gasteiger partial charge on any atom is -0.317 e. The zero-order valence-corrected chi connectivity index (χ0v) is 17.2. The number of hydrogen-bond donors (Lipinski definition) is 3. The molecule has 5 rings (SSSR count). The number of amides is 1. The average molecular weight is 414 g/mol. The van der Waals surface area contributed by atoms with Gasteiger partial charge in [0.05, 0.1) is 10.9 Å². The van der Waals surface area contributed by atoms with Gasteiger partial charge in [-0.05, 0) is 37.3 Å². The molecule has 0 aromatic carbocycles. The lowest BCUT2D eigenvalue weighted by atomic mass is 9.96. The molecule has 28 heavy (non-hydrogen) atoms. The van der Waals surface area contributed by atoms with Crippen molar-refractivity contribution in [2.75, 3.05) is 25.0 Å². The molecule has 8 heteroatoms. The molecule has 2 aliphatic rings. The van der Waals surface area contributed by atoms with Crippen molar-refractivity contribution in [3.05, 3.63) is 28.9 Å². The van der Waals surface area contributed by atoms with Crippen LogP contribution < -0.4 is 16.0 Å². The summed E-state index contributed by atoms with van der Waals surface area (Å²) in [6.45, 7) is 2.71. The molecule has 1 aliphatic carbocycles. The van der Waals surface area contributed by atoms with Crippen molar-refractivity contribution in [3.8, 4) is 10.6 Å². The Bertz CT molecular complexity index is 974. The lowest BCUT2D eigenvalue weighted by Crippen LogP contribution is -2.55. The summed E-state index contributed by atoms with van der Waals surface area (Å²) in [5, 5.41) is 11.8. The van der Waals surface area contributed by atoms with Crippen molar-refractivity contribution in [2.24, 2.45) is 0 Å². The third kappa shape index (κ3) is 3.57. The fourth-order valence-electron chi connectivity index (χ4n) is 3.78. The second kappa shape index (κ2) is 7.87. The minimum absolute atomic E-state index is 0.0717. The summed E-state index contributed by atoms with van der Waals surface area (Å²) in [6, 6.07) is 2.52. The van der Waals surface area contributed by atoms with Crippen LogP contribution in [0.25, 0.3) is 20.8 Å². The van der Waals surface area contributed by atoms with Crippen molar-refractivity contribution >= 4 is 43.8 Å². The number of aryl methyl sites for hydroxylation is 1. The molecule has 0 saturated carbocycles. The minimum atomic E-state index is 0.0717. The molecule has 1 fully saturated rings. The number of carbonyl (C=O) groups excluding carboxylic acids is 1. The van der Waals surface area contributed by atoms with E-state index in [1.54, 1.807) is 28.9 Å². The van der Waals surface area contributed by atoms with Crippen LogP contribution >= 0.6 is 22.7 Å². The Morgan fingerprint density at radius 2 is 2.14 bits per heavy atom. The Morgan fingerprint density at radius 1 is 1.25 bits per heavy atom. The number of fused-ring (bicyclic) bond motifs is 2. The molecule has 146 valence electrons. The maximum atomic E-state index is 12.6. The van der Waals surface area contributed by atoms with E-state index in [0.29, 0.717) is 19.0 Å². The van der Waals surface area contributed by atoms with Crippen LogP contribution in [0, 0.1) is 0 Å². The average Bonchev–Trinajstić information content (AvgIpc) is 3.23.